The van der Waals surface area contributed by atoms with Crippen molar-refractivity contribution >= 4 is 86.8 Å². The third-order valence-electron chi connectivity index (χ3n) is 10.4. The Kier molecular flexibility index (Phi) is 11.5. The van der Waals surface area contributed by atoms with Crippen molar-refractivity contribution in [1.82, 2.24) is 19.9 Å². The van der Waals surface area contributed by atoms with Gasteiger partial charge in [-0.2, -0.15) is 16.8 Å². The van der Waals surface area contributed by atoms with E-state index < -0.39 is 50.3 Å². The molecule has 327 valence electrons. The van der Waals surface area contributed by atoms with Crippen LogP contribution in [0.15, 0.2) is 141 Å². The second-order valence-electron chi connectivity index (χ2n) is 14.3. The molecule has 65 heavy (non-hydrogen) atoms. The first-order valence-corrected chi connectivity index (χ1v) is 24.3. The smallest absolute Gasteiger partial charge is 0.744 e. The normalized spacial score (nSPS) is 12.9. The quantitative estimate of drug-likeness (QED) is 0.116. The number of nitrogens with zero attached hydrogens (tertiary/aromatic N) is 4. The maximum absolute atomic E-state index is 12.0. The summed E-state index contributed by atoms with van der Waals surface area (Å²) in [5, 5.41) is 0. The number of fused-ring (bicyclic) bond motifs is 8. The van der Waals surface area contributed by atoms with Crippen molar-refractivity contribution in [2.24, 2.45) is 0 Å². The Morgan fingerprint density at radius 3 is 0.769 bits per heavy atom. The zero-order chi connectivity index (χ0) is 45.3. The Bertz CT molecular complexity index is 3300. The molecular weight excluding hydrogens is 960 g/mol. The number of rotatable bonds is 8. The first-order chi connectivity index (χ1) is 30.2. The summed E-state index contributed by atoms with van der Waals surface area (Å²) >= 11 is 0. The van der Waals surface area contributed by atoms with Gasteiger partial charge in [-0.3, -0.25) is 9.11 Å². The van der Waals surface area contributed by atoms with E-state index in [4.69, 9.17) is 19.9 Å². The summed E-state index contributed by atoms with van der Waals surface area (Å²) in [7, 11) is -18.8. The van der Waals surface area contributed by atoms with E-state index in [1.54, 1.807) is 48.6 Å². The zero-order valence-electron chi connectivity index (χ0n) is 32.6. The van der Waals surface area contributed by atoms with E-state index in [2.05, 4.69) is 0 Å². The molecule has 0 amide bonds. The van der Waals surface area contributed by atoms with E-state index in [0.717, 1.165) is 24.3 Å². The maximum atomic E-state index is 12.0. The second-order valence-corrected chi connectivity index (χ2v) is 19.9. The molecule has 2 N–H and O–H groups in total. The van der Waals surface area contributed by atoms with Crippen LogP contribution in [0.25, 0.3) is 90.9 Å². The molecule has 7 aromatic rings. The second kappa shape index (κ2) is 16.6. The minimum absolute atomic E-state index is 0. The third kappa shape index (κ3) is 8.89. The molecule has 21 heteroatoms. The maximum Gasteiger partial charge on any atom is 2.00 e. The minimum Gasteiger partial charge on any atom is -0.744 e. The van der Waals surface area contributed by atoms with Gasteiger partial charge in [0.25, 0.3) is 20.2 Å². The van der Waals surface area contributed by atoms with Gasteiger partial charge in [0.1, 0.15) is 20.2 Å². The molecule has 0 saturated carbocycles. The molecule has 0 aliphatic carbocycles. The van der Waals surface area contributed by atoms with E-state index in [1.165, 1.54) is 72.8 Å². The van der Waals surface area contributed by atoms with Crippen LogP contribution in [-0.4, -0.2) is 61.9 Å². The van der Waals surface area contributed by atoms with E-state index in [1.807, 2.05) is 0 Å². The van der Waals surface area contributed by atoms with Crippen LogP contribution in [0.1, 0.15) is 22.8 Å². The minimum atomic E-state index is -4.81. The molecule has 8 bridgehead atoms. The number of hydrogen-bond donors (Lipinski definition) is 2. The standard InChI is InChI=1S/C44H28N4O12S4.Mn/c49-61(50,51)29-9-1-25(2-10-29)41-33-17-19-35(45-33)42(26-3-11-30(12-4-26)62(52,53)54)37-21-23-39(47-37)44(28-7-15-32(16-8-28)64(58,59)60)40-24-22-38(48-40)43(36-20-18-34(41)46-36)27-5-13-31(14-6-27)63(55,56)57;/h1-24H,(H,49,50,51)(H,52,53,54)(H,55,56,57)(H,58,59,60);/q-2;+2/p-2. The zero-order valence-corrected chi connectivity index (χ0v) is 37.1. The van der Waals surface area contributed by atoms with Crippen molar-refractivity contribution < 1.29 is 69.0 Å². The Balaban J connectivity index is 0.00000576. The van der Waals surface area contributed by atoms with Crippen molar-refractivity contribution in [1.29, 1.82) is 0 Å². The van der Waals surface area contributed by atoms with Gasteiger partial charge >= 0.3 is 17.1 Å². The fourth-order valence-corrected chi connectivity index (χ4v) is 9.33. The number of aromatic nitrogens is 4. The van der Waals surface area contributed by atoms with Crippen LogP contribution in [0.5, 0.6) is 0 Å². The number of hydrogen-bond acceptors (Lipinski definition) is 12. The third-order valence-corrected chi connectivity index (χ3v) is 13.8. The van der Waals surface area contributed by atoms with Crippen LogP contribution in [0.2, 0.25) is 0 Å². The van der Waals surface area contributed by atoms with Gasteiger partial charge in [0.15, 0.2) is 0 Å². The van der Waals surface area contributed by atoms with Gasteiger partial charge in [-0.25, -0.2) is 26.8 Å². The van der Waals surface area contributed by atoms with Crippen molar-refractivity contribution in [3.05, 3.63) is 144 Å². The van der Waals surface area contributed by atoms with Crippen LogP contribution < -0.4 is 9.97 Å². The topological polar surface area (TPSA) is 277 Å². The first-order valence-electron chi connectivity index (χ1n) is 18.6. The molecule has 5 heterocycles. The van der Waals surface area contributed by atoms with E-state index in [9.17, 15) is 51.9 Å². The van der Waals surface area contributed by atoms with Crippen molar-refractivity contribution in [3.8, 4) is 44.5 Å². The van der Waals surface area contributed by atoms with Crippen molar-refractivity contribution in [3.63, 3.8) is 0 Å². The van der Waals surface area contributed by atoms with Crippen LogP contribution in [0, 0.1) is 0 Å². The van der Waals surface area contributed by atoms with Gasteiger partial charge in [-0.1, -0.05) is 72.8 Å². The monoisotopic (exact) mass is 985 g/mol. The molecule has 0 unspecified atom stereocenters. The average Bonchev–Trinajstić information content (AvgIpc) is 4.08. The molecule has 16 nitrogen and oxygen atoms in total. The molecule has 0 fully saturated rings. The Morgan fingerprint density at radius 2 is 0.569 bits per heavy atom. The summed E-state index contributed by atoms with van der Waals surface area (Å²) in [5.41, 5.74) is 5.96. The van der Waals surface area contributed by atoms with Gasteiger partial charge < -0.3 is 19.1 Å². The molecular formula is C44H26MnN4O12S4-2. The molecule has 2 aliphatic heterocycles. The fourth-order valence-electron chi connectivity index (χ4n) is 7.43. The van der Waals surface area contributed by atoms with Crippen molar-refractivity contribution in [2.45, 2.75) is 19.6 Å². The molecule has 0 spiro atoms. The van der Waals surface area contributed by atoms with Crippen LogP contribution in [-0.2, 0) is 57.5 Å². The van der Waals surface area contributed by atoms with E-state index in [0.29, 0.717) is 89.4 Å². The summed E-state index contributed by atoms with van der Waals surface area (Å²) in [4.78, 5) is 18.3. The first kappa shape index (κ1) is 45.2. The van der Waals surface area contributed by atoms with Gasteiger partial charge in [-0.15, -0.1) is 22.1 Å². The largest absolute Gasteiger partial charge is 2.00 e. The van der Waals surface area contributed by atoms with Crippen LogP contribution >= 0.6 is 0 Å². The predicted octanol–water partition coefficient (Wildman–Crippen LogP) is 6.88. The molecule has 0 saturated heterocycles. The van der Waals surface area contributed by atoms with Gasteiger partial charge in [-0.05, 0) is 117 Å². The average molecular weight is 986 g/mol. The summed E-state index contributed by atoms with van der Waals surface area (Å²) in [6, 6.07) is 27.8. The summed E-state index contributed by atoms with van der Waals surface area (Å²) < 4.78 is 139. The van der Waals surface area contributed by atoms with Crippen LogP contribution in [0.3, 0.4) is 0 Å². The van der Waals surface area contributed by atoms with Gasteiger partial charge in [0.2, 0.25) is 0 Å². The molecule has 2 aliphatic rings. The predicted molar refractivity (Wildman–Crippen MR) is 234 cm³/mol. The van der Waals surface area contributed by atoms with Gasteiger partial charge in [0, 0.05) is 0 Å². The van der Waals surface area contributed by atoms with Crippen LogP contribution in [0.4, 0.5) is 0 Å². The molecule has 4 aromatic carbocycles. The van der Waals surface area contributed by atoms with E-state index >= 15 is 0 Å². The Hall–Kier alpha value is -6.36. The Morgan fingerprint density at radius 1 is 0.354 bits per heavy atom. The number of benzene rings is 4. The Labute approximate surface area is 381 Å². The van der Waals surface area contributed by atoms with E-state index in [-0.39, 0.29) is 26.9 Å². The molecule has 0 atom stereocenters. The SMILES string of the molecule is O=S(=O)([O-])c1ccc(-c2c3nc(c(-c4ccc(S(=O)(=O)[O-])cc4)c4ccc([n-]4)c(-c4ccc(S(=O)(=O)O)cc4)c4nc(c(-c5ccc(S(=O)(=O)O)cc5)c5ccc2[n-]5)C=C4)C=C3)cc1.[Mn+2]. The molecule has 3 aromatic heterocycles. The summed E-state index contributed by atoms with van der Waals surface area (Å²) in [5.74, 6) is 0. The van der Waals surface area contributed by atoms with Gasteiger partial charge in [0.05, 0.1) is 42.4 Å². The van der Waals surface area contributed by atoms with Crippen molar-refractivity contribution in [2.75, 3.05) is 0 Å². The molecule has 1 radical (unpaired) electrons. The summed E-state index contributed by atoms with van der Waals surface area (Å²) in [6.07, 6.45) is 6.72. The summed E-state index contributed by atoms with van der Waals surface area (Å²) in [6.45, 7) is 0. The fraction of sp³-hybridized carbons (Fsp3) is 0. The molecule has 9 rings (SSSR count).